The van der Waals surface area contributed by atoms with Gasteiger partial charge in [-0.2, -0.15) is 0 Å². The van der Waals surface area contributed by atoms with Gasteiger partial charge in [0.1, 0.15) is 0 Å². The van der Waals surface area contributed by atoms with E-state index in [-0.39, 0.29) is 0 Å². The third kappa shape index (κ3) is 3.08. The molecule has 0 aliphatic heterocycles. The van der Waals surface area contributed by atoms with E-state index in [0.29, 0.717) is 11.1 Å². The second-order valence-electron chi connectivity index (χ2n) is 4.85. The Morgan fingerprint density at radius 2 is 2.06 bits per heavy atom. The van der Waals surface area contributed by atoms with Crippen LogP contribution >= 0.6 is 11.6 Å². The molecule has 0 saturated heterocycles. The summed E-state index contributed by atoms with van der Waals surface area (Å²) in [6.07, 6.45) is 2.55. The zero-order chi connectivity index (χ0) is 13.1. The second kappa shape index (κ2) is 5.49. The summed E-state index contributed by atoms with van der Waals surface area (Å²) in [4.78, 5) is 8.82. The van der Waals surface area contributed by atoms with Gasteiger partial charge in [0, 0.05) is 12.6 Å². The van der Waals surface area contributed by atoms with E-state index in [9.17, 15) is 0 Å². The van der Waals surface area contributed by atoms with E-state index in [0.717, 1.165) is 17.8 Å². The fourth-order valence-electron chi connectivity index (χ4n) is 1.82. The molecule has 0 saturated carbocycles. The summed E-state index contributed by atoms with van der Waals surface area (Å²) in [5.41, 5.74) is 4.23. The monoisotopic (exact) mass is 260 g/mol. The van der Waals surface area contributed by atoms with Crippen LogP contribution in [0.2, 0.25) is 5.15 Å². The summed E-state index contributed by atoms with van der Waals surface area (Å²) in [5, 5.41) is 0.516. The summed E-state index contributed by atoms with van der Waals surface area (Å²) in [6, 6.07) is 8.36. The van der Waals surface area contributed by atoms with Gasteiger partial charge in [-0.1, -0.05) is 55.3 Å². The normalized spacial score (nSPS) is 10.9. The number of halogens is 1. The molecule has 2 rings (SSSR count). The quantitative estimate of drug-likeness (QED) is 0.828. The van der Waals surface area contributed by atoms with Crippen molar-refractivity contribution in [3.63, 3.8) is 0 Å². The summed E-state index contributed by atoms with van der Waals surface area (Å²) in [5.74, 6) is 0.350. The molecule has 0 atom stereocenters. The van der Waals surface area contributed by atoms with E-state index < -0.39 is 0 Å². The van der Waals surface area contributed by atoms with Crippen LogP contribution in [0, 0.1) is 6.92 Å². The first-order valence-corrected chi connectivity index (χ1v) is 6.51. The number of benzene rings is 1. The molecule has 2 nitrogen and oxygen atoms in total. The van der Waals surface area contributed by atoms with Crippen molar-refractivity contribution in [2.24, 2.45) is 0 Å². The first-order chi connectivity index (χ1) is 8.56. The van der Waals surface area contributed by atoms with Crippen LogP contribution in [0.4, 0.5) is 0 Å². The van der Waals surface area contributed by atoms with Crippen LogP contribution in [-0.2, 0) is 6.42 Å². The molecule has 0 aliphatic carbocycles. The van der Waals surface area contributed by atoms with Crippen molar-refractivity contribution < 1.29 is 0 Å². The summed E-state index contributed by atoms with van der Waals surface area (Å²) < 4.78 is 0. The molecule has 0 spiro atoms. The molecule has 1 aromatic heterocycles. The van der Waals surface area contributed by atoms with Crippen molar-refractivity contribution in [1.82, 2.24) is 9.97 Å². The highest BCUT2D eigenvalue weighted by molar-refractivity contribution is 6.30. The minimum absolute atomic E-state index is 0.350. The minimum Gasteiger partial charge on any atom is -0.256 e. The zero-order valence-corrected chi connectivity index (χ0v) is 11.7. The molecule has 0 aliphatic rings. The maximum absolute atomic E-state index is 6.19. The Labute approximate surface area is 113 Å². The Morgan fingerprint density at radius 3 is 2.67 bits per heavy atom. The standard InChI is InChI=1S/C15H17ClN2/c1-10(2)14-9-17-13(15(16)18-14)8-12-6-4-5-11(3)7-12/h4-7,9-10H,8H2,1-3H3. The predicted molar refractivity (Wildman–Crippen MR) is 75.1 cm³/mol. The van der Waals surface area contributed by atoms with E-state index in [1.54, 1.807) is 0 Å². The van der Waals surface area contributed by atoms with Crippen molar-refractivity contribution in [1.29, 1.82) is 0 Å². The lowest BCUT2D eigenvalue weighted by Crippen LogP contribution is -2.01. The van der Waals surface area contributed by atoms with Crippen LogP contribution < -0.4 is 0 Å². The van der Waals surface area contributed by atoms with Crippen LogP contribution in [-0.4, -0.2) is 9.97 Å². The van der Waals surface area contributed by atoms with E-state index in [1.165, 1.54) is 11.1 Å². The van der Waals surface area contributed by atoms with E-state index in [2.05, 4.69) is 55.0 Å². The smallest absolute Gasteiger partial charge is 0.151 e. The first kappa shape index (κ1) is 13.0. The maximum atomic E-state index is 6.19. The molecule has 18 heavy (non-hydrogen) atoms. The van der Waals surface area contributed by atoms with Crippen LogP contribution in [0.5, 0.6) is 0 Å². The molecule has 0 unspecified atom stereocenters. The number of aryl methyl sites for hydroxylation is 1. The molecular weight excluding hydrogens is 244 g/mol. The Balaban J connectivity index is 2.24. The number of hydrogen-bond donors (Lipinski definition) is 0. The fourth-order valence-corrected chi connectivity index (χ4v) is 2.03. The van der Waals surface area contributed by atoms with Gasteiger partial charge in [0.15, 0.2) is 5.15 Å². The van der Waals surface area contributed by atoms with Crippen LogP contribution in [0.25, 0.3) is 0 Å². The third-order valence-corrected chi connectivity index (χ3v) is 3.17. The number of hydrogen-bond acceptors (Lipinski definition) is 2. The van der Waals surface area contributed by atoms with Crippen molar-refractivity contribution in [3.8, 4) is 0 Å². The predicted octanol–water partition coefficient (Wildman–Crippen LogP) is 4.15. The van der Waals surface area contributed by atoms with Gasteiger partial charge in [-0.05, 0) is 18.4 Å². The molecule has 94 valence electrons. The van der Waals surface area contributed by atoms with Gasteiger partial charge in [0.05, 0.1) is 11.4 Å². The van der Waals surface area contributed by atoms with Crippen molar-refractivity contribution in [3.05, 3.63) is 58.1 Å². The zero-order valence-electron chi connectivity index (χ0n) is 10.9. The number of rotatable bonds is 3. The van der Waals surface area contributed by atoms with E-state index >= 15 is 0 Å². The van der Waals surface area contributed by atoms with Crippen molar-refractivity contribution >= 4 is 11.6 Å². The van der Waals surface area contributed by atoms with Crippen LogP contribution in [0.15, 0.2) is 30.5 Å². The average Bonchev–Trinajstić information content (AvgIpc) is 2.31. The Hall–Kier alpha value is -1.41. The van der Waals surface area contributed by atoms with E-state index in [4.69, 9.17) is 11.6 Å². The average molecular weight is 261 g/mol. The van der Waals surface area contributed by atoms with Crippen molar-refractivity contribution in [2.75, 3.05) is 0 Å². The molecule has 1 aromatic carbocycles. The topological polar surface area (TPSA) is 25.8 Å². The molecule has 0 fully saturated rings. The third-order valence-electron chi connectivity index (χ3n) is 2.86. The maximum Gasteiger partial charge on any atom is 0.151 e. The number of aromatic nitrogens is 2. The summed E-state index contributed by atoms with van der Waals surface area (Å²) in [6.45, 7) is 6.25. The minimum atomic E-state index is 0.350. The molecule has 0 N–H and O–H groups in total. The first-order valence-electron chi connectivity index (χ1n) is 6.13. The summed E-state index contributed by atoms with van der Waals surface area (Å²) in [7, 11) is 0. The molecule has 3 heteroatoms. The molecular formula is C15H17ClN2. The Bertz CT molecular complexity index is 550. The lowest BCUT2D eigenvalue weighted by molar-refractivity contribution is 0.803. The van der Waals surface area contributed by atoms with Gasteiger partial charge < -0.3 is 0 Å². The lowest BCUT2D eigenvalue weighted by Gasteiger charge is -2.08. The number of nitrogens with zero attached hydrogens (tertiary/aromatic N) is 2. The molecule has 0 bridgehead atoms. The van der Waals surface area contributed by atoms with Gasteiger partial charge >= 0.3 is 0 Å². The highest BCUT2D eigenvalue weighted by atomic mass is 35.5. The fraction of sp³-hybridized carbons (Fsp3) is 0.333. The van der Waals surface area contributed by atoms with Gasteiger partial charge in [0.2, 0.25) is 0 Å². The second-order valence-corrected chi connectivity index (χ2v) is 5.21. The largest absolute Gasteiger partial charge is 0.256 e. The Kier molecular flexibility index (Phi) is 3.97. The Morgan fingerprint density at radius 1 is 1.28 bits per heavy atom. The molecule has 0 amide bonds. The van der Waals surface area contributed by atoms with Gasteiger partial charge in [-0.15, -0.1) is 0 Å². The van der Waals surface area contributed by atoms with E-state index in [1.807, 2.05) is 6.20 Å². The van der Waals surface area contributed by atoms with Crippen LogP contribution in [0.3, 0.4) is 0 Å². The van der Waals surface area contributed by atoms with Crippen molar-refractivity contribution in [2.45, 2.75) is 33.1 Å². The van der Waals surface area contributed by atoms with Gasteiger partial charge in [0.25, 0.3) is 0 Å². The molecule has 2 aromatic rings. The van der Waals surface area contributed by atoms with Gasteiger partial charge in [-0.3, -0.25) is 4.98 Å². The van der Waals surface area contributed by atoms with Crippen LogP contribution in [0.1, 0.15) is 42.3 Å². The molecule has 1 heterocycles. The highest BCUT2D eigenvalue weighted by Crippen LogP contribution is 2.19. The summed E-state index contributed by atoms with van der Waals surface area (Å²) >= 11 is 6.19. The highest BCUT2D eigenvalue weighted by Gasteiger charge is 2.08. The lowest BCUT2D eigenvalue weighted by atomic mass is 10.1. The SMILES string of the molecule is Cc1cccc(Cc2ncc(C(C)C)nc2Cl)c1. The molecule has 0 radical (unpaired) electrons. The van der Waals surface area contributed by atoms with Gasteiger partial charge in [-0.25, -0.2) is 4.98 Å².